The molecular weight excluding hydrogens is 487 g/mol. The Morgan fingerprint density at radius 2 is 1.74 bits per heavy atom. The van der Waals surface area contributed by atoms with E-state index in [1.807, 2.05) is 38.4 Å². The number of aromatic hydroxyl groups is 1. The molecule has 0 aliphatic carbocycles. The fourth-order valence-corrected chi connectivity index (χ4v) is 4.19. The molecule has 0 radical (unpaired) electrons. The Labute approximate surface area is 219 Å². The van der Waals surface area contributed by atoms with Crippen LogP contribution in [-0.2, 0) is 16.0 Å². The van der Waals surface area contributed by atoms with Crippen LogP contribution >= 0.6 is 0 Å². The third-order valence-corrected chi connectivity index (χ3v) is 6.11. The number of carboxylic acids is 1. The van der Waals surface area contributed by atoms with E-state index in [9.17, 15) is 19.1 Å². The molecule has 0 aliphatic rings. The van der Waals surface area contributed by atoms with Crippen molar-refractivity contribution in [3.05, 3.63) is 89.2 Å². The molecule has 1 heterocycles. The quantitative estimate of drug-likeness (QED) is 0.279. The van der Waals surface area contributed by atoms with Crippen molar-refractivity contribution in [3.8, 4) is 5.88 Å². The Kier molecular flexibility index (Phi) is 7.87. The maximum Gasteiger partial charge on any atom is 0.303 e. The molecule has 3 N–H and O–H groups in total. The number of nitrogens with one attached hydrogen (secondary N) is 1. The van der Waals surface area contributed by atoms with E-state index < -0.39 is 11.8 Å². The number of aliphatic imine (C=N–C) groups is 1. The molecule has 9 heteroatoms. The number of likely N-dealkylation sites (N-methyl/N-ethyl adjacent to an activating group) is 2. The fraction of sp³-hybridized carbons (Fsp3) is 0.207. The lowest BCUT2D eigenvalue weighted by molar-refractivity contribution is -0.137. The highest BCUT2D eigenvalue weighted by Crippen LogP contribution is 2.32. The zero-order chi connectivity index (χ0) is 27.4. The summed E-state index contributed by atoms with van der Waals surface area (Å²) in [5.74, 6) is -1.55. The summed E-state index contributed by atoms with van der Waals surface area (Å²) in [5.41, 5.74) is 4.00. The number of halogens is 1. The van der Waals surface area contributed by atoms with Gasteiger partial charge in [0.2, 0.25) is 5.91 Å². The van der Waals surface area contributed by atoms with Crippen molar-refractivity contribution in [2.24, 2.45) is 4.99 Å². The number of aromatic amines is 1. The van der Waals surface area contributed by atoms with Gasteiger partial charge >= 0.3 is 5.97 Å². The van der Waals surface area contributed by atoms with Gasteiger partial charge in [0.25, 0.3) is 0 Å². The maximum atomic E-state index is 13.9. The van der Waals surface area contributed by atoms with E-state index in [-0.39, 0.29) is 24.8 Å². The van der Waals surface area contributed by atoms with E-state index in [1.165, 1.54) is 12.1 Å². The number of aryl methyl sites for hydroxylation is 1. The molecule has 1 amide bonds. The lowest BCUT2D eigenvalue weighted by Gasteiger charge is -2.19. The average molecular weight is 517 g/mol. The van der Waals surface area contributed by atoms with Gasteiger partial charge in [-0.2, -0.15) is 0 Å². The Morgan fingerprint density at radius 1 is 1.00 bits per heavy atom. The molecule has 196 valence electrons. The van der Waals surface area contributed by atoms with Crippen molar-refractivity contribution in [2.75, 3.05) is 32.6 Å². The Morgan fingerprint density at radius 3 is 2.42 bits per heavy atom. The highest BCUT2D eigenvalue weighted by Gasteiger charge is 2.20. The molecule has 4 aromatic rings. The summed E-state index contributed by atoms with van der Waals surface area (Å²) in [5, 5.41) is 20.5. The average Bonchev–Trinajstić information content (AvgIpc) is 3.20. The highest BCUT2D eigenvalue weighted by molar-refractivity contribution is 6.22. The van der Waals surface area contributed by atoms with Gasteiger partial charge in [-0.25, -0.2) is 9.38 Å². The zero-order valence-corrected chi connectivity index (χ0v) is 21.4. The fourth-order valence-electron chi connectivity index (χ4n) is 4.19. The van der Waals surface area contributed by atoms with Gasteiger partial charge in [0, 0.05) is 30.1 Å². The number of hydrogen-bond acceptors (Lipinski definition) is 5. The van der Waals surface area contributed by atoms with E-state index >= 15 is 0 Å². The number of hydrogen-bond donors (Lipinski definition) is 3. The molecule has 8 nitrogen and oxygen atoms in total. The smallest absolute Gasteiger partial charge is 0.303 e. The topological polar surface area (TPSA) is 109 Å². The van der Waals surface area contributed by atoms with Crippen molar-refractivity contribution in [1.29, 1.82) is 0 Å². The van der Waals surface area contributed by atoms with Crippen LogP contribution in [0, 0.1) is 5.82 Å². The third-order valence-electron chi connectivity index (χ3n) is 6.11. The van der Waals surface area contributed by atoms with Crippen LogP contribution in [0.3, 0.4) is 0 Å². The number of carbonyl (C=O) groups excluding carboxylic acids is 1. The number of aromatic nitrogens is 1. The van der Waals surface area contributed by atoms with E-state index in [0.717, 1.165) is 5.56 Å². The number of fused-ring (bicyclic) bond motifs is 1. The number of carbonyl (C=O) groups is 2. The molecular formula is C29H29FN4O4. The number of amides is 1. The number of H-pyrrole nitrogens is 1. The SMILES string of the molecule is CN(C)CC(=O)N(C)c1ccc(N=C(c2cccc(CCC(=O)O)c2)c2c(O)[nH]c3cc(F)ccc23)cc1. The maximum absolute atomic E-state index is 13.9. The van der Waals surface area contributed by atoms with Crippen LogP contribution in [0.25, 0.3) is 10.9 Å². The molecule has 0 fully saturated rings. The molecule has 1 aromatic heterocycles. The summed E-state index contributed by atoms with van der Waals surface area (Å²) in [6, 6.07) is 18.6. The second kappa shape index (κ2) is 11.3. The summed E-state index contributed by atoms with van der Waals surface area (Å²) in [7, 11) is 5.37. The first kappa shape index (κ1) is 26.6. The predicted octanol–water partition coefficient (Wildman–Crippen LogP) is 4.72. The summed E-state index contributed by atoms with van der Waals surface area (Å²) in [6.45, 7) is 0.277. The van der Waals surface area contributed by atoms with E-state index in [0.29, 0.717) is 45.5 Å². The minimum absolute atomic E-state index is 0.0188. The summed E-state index contributed by atoms with van der Waals surface area (Å²) in [6.07, 6.45) is 0.318. The van der Waals surface area contributed by atoms with E-state index in [2.05, 4.69) is 4.98 Å². The van der Waals surface area contributed by atoms with Gasteiger partial charge in [0.05, 0.1) is 29.0 Å². The normalized spacial score (nSPS) is 11.8. The van der Waals surface area contributed by atoms with Gasteiger partial charge in [0.15, 0.2) is 5.88 Å². The first-order valence-corrected chi connectivity index (χ1v) is 12.0. The van der Waals surface area contributed by atoms with Crippen LogP contribution in [-0.4, -0.2) is 65.4 Å². The van der Waals surface area contributed by atoms with Crippen LogP contribution < -0.4 is 4.90 Å². The minimum atomic E-state index is -0.894. The van der Waals surface area contributed by atoms with E-state index in [1.54, 1.807) is 47.2 Å². The minimum Gasteiger partial charge on any atom is -0.494 e. The number of carboxylic acid groups (broad SMARTS) is 1. The second-order valence-electron chi connectivity index (χ2n) is 9.30. The van der Waals surface area contributed by atoms with Gasteiger partial charge in [0.1, 0.15) is 5.82 Å². The van der Waals surface area contributed by atoms with Gasteiger partial charge in [-0.15, -0.1) is 0 Å². The van der Waals surface area contributed by atoms with Crippen LogP contribution in [0.4, 0.5) is 15.8 Å². The number of anilines is 1. The summed E-state index contributed by atoms with van der Waals surface area (Å²) >= 11 is 0. The molecule has 3 aromatic carbocycles. The molecule has 0 atom stereocenters. The molecule has 0 spiro atoms. The van der Waals surface area contributed by atoms with Crippen molar-refractivity contribution in [3.63, 3.8) is 0 Å². The van der Waals surface area contributed by atoms with Gasteiger partial charge in [-0.05, 0) is 74.6 Å². The molecule has 0 saturated heterocycles. The molecule has 0 aliphatic heterocycles. The number of benzene rings is 3. The molecule has 0 bridgehead atoms. The van der Waals surface area contributed by atoms with Crippen molar-refractivity contribution in [2.45, 2.75) is 12.8 Å². The molecule has 0 unspecified atom stereocenters. The number of rotatable bonds is 9. The Bertz CT molecular complexity index is 1510. The van der Waals surface area contributed by atoms with Gasteiger partial charge in [-0.1, -0.05) is 18.2 Å². The largest absolute Gasteiger partial charge is 0.494 e. The number of nitrogens with zero attached hydrogens (tertiary/aromatic N) is 3. The highest BCUT2D eigenvalue weighted by atomic mass is 19.1. The molecule has 38 heavy (non-hydrogen) atoms. The summed E-state index contributed by atoms with van der Waals surface area (Å²) < 4.78 is 13.9. The van der Waals surface area contributed by atoms with Crippen molar-refractivity contribution >= 4 is 39.9 Å². The van der Waals surface area contributed by atoms with Crippen LogP contribution in [0.1, 0.15) is 23.1 Å². The summed E-state index contributed by atoms with van der Waals surface area (Å²) in [4.78, 5) is 34.6. The number of aliphatic carboxylic acids is 1. The van der Waals surface area contributed by atoms with Crippen molar-refractivity contribution in [1.82, 2.24) is 9.88 Å². The monoisotopic (exact) mass is 516 g/mol. The lowest BCUT2D eigenvalue weighted by atomic mass is 9.97. The van der Waals surface area contributed by atoms with Crippen LogP contribution in [0.15, 0.2) is 71.7 Å². The lowest BCUT2D eigenvalue weighted by Crippen LogP contribution is -2.34. The van der Waals surface area contributed by atoms with Gasteiger partial charge < -0.3 is 25.0 Å². The van der Waals surface area contributed by atoms with E-state index in [4.69, 9.17) is 10.1 Å². The third kappa shape index (κ3) is 6.07. The van der Waals surface area contributed by atoms with Gasteiger partial charge in [-0.3, -0.25) is 9.59 Å². The Hall–Kier alpha value is -4.50. The molecule has 0 saturated carbocycles. The molecule has 4 rings (SSSR count). The van der Waals surface area contributed by atoms with Crippen LogP contribution in [0.5, 0.6) is 5.88 Å². The second-order valence-corrected chi connectivity index (χ2v) is 9.30. The van der Waals surface area contributed by atoms with Crippen molar-refractivity contribution < 1.29 is 24.2 Å². The zero-order valence-electron chi connectivity index (χ0n) is 21.4. The first-order chi connectivity index (χ1) is 18.1. The standard InChI is InChI=1S/C29H29FN4O4/c1-33(2)17-25(35)34(3)22-11-9-21(10-12-22)31-28(19-6-4-5-18(15-19)7-14-26(36)37)27-23-13-8-20(30)16-24(23)32-29(27)38/h4-6,8-13,15-16,32,38H,7,14,17H2,1-3H3,(H,36,37). The Balaban J connectivity index is 1.79. The van der Waals surface area contributed by atoms with Crippen LogP contribution in [0.2, 0.25) is 0 Å². The first-order valence-electron chi connectivity index (χ1n) is 12.0. The predicted molar refractivity (Wildman–Crippen MR) is 146 cm³/mol.